The highest BCUT2D eigenvalue weighted by atomic mass is 35.5. The van der Waals surface area contributed by atoms with E-state index in [-0.39, 0.29) is 34.3 Å². The number of hydrogen-bond donors (Lipinski definition) is 1. The van der Waals surface area contributed by atoms with Crippen LogP contribution in [0.25, 0.3) is 0 Å². The zero-order chi connectivity index (χ0) is 24.3. The Hall–Kier alpha value is -2.76. The van der Waals surface area contributed by atoms with Crippen molar-refractivity contribution in [3.63, 3.8) is 0 Å². The van der Waals surface area contributed by atoms with E-state index in [4.69, 9.17) is 17.3 Å². The zero-order valence-corrected chi connectivity index (χ0v) is 19.8. The number of alkyl halides is 3. The van der Waals surface area contributed by atoms with E-state index in [9.17, 15) is 23.2 Å². The average Bonchev–Trinajstić information content (AvgIpc) is 3.12. The number of Topliss-reactive ketones (excluding diaryl/α,β-unsaturated/α-hetero) is 1. The molecule has 2 aliphatic rings. The second-order valence-electron chi connectivity index (χ2n) is 9.09. The number of nitrogens with two attached hydrogens (primary N) is 1. The topological polar surface area (TPSA) is 70.1 Å². The Morgan fingerprint density at radius 2 is 1.94 bits per heavy atom. The van der Waals surface area contributed by atoms with Gasteiger partial charge in [-0.3, -0.25) is 9.69 Å². The number of carbonyl (C=O) groups excluding carboxylic acids is 1. The SMILES string of the molecule is Cc1ccc(C2C(C#N)=C(N)N(c3cc(C(F)(F)F)ccc3Cl)C3=C2C(=O)CC(C)(C)C3)s1. The summed E-state index contributed by atoms with van der Waals surface area (Å²) in [5, 5.41) is 10.1. The van der Waals surface area contributed by atoms with Crippen LogP contribution in [0, 0.1) is 23.7 Å². The molecule has 0 bridgehead atoms. The molecular weight excluding hydrogens is 471 g/mol. The van der Waals surface area contributed by atoms with Gasteiger partial charge in [0.25, 0.3) is 0 Å². The summed E-state index contributed by atoms with van der Waals surface area (Å²) in [6.07, 6.45) is -3.95. The number of hydrogen-bond acceptors (Lipinski definition) is 5. The van der Waals surface area contributed by atoms with Gasteiger partial charge in [0.05, 0.1) is 33.8 Å². The third-order valence-corrected chi connectivity index (χ3v) is 7.33. The van der Waals surface area contributed by atoms with Crippen LogP contribution in [-0.2, 0) is 11.0 Å². The number of thiophene rings is 1. The molecule has 0 amide bonds. The molecule has 1 unspecified atom stereocenters. The first-order valence-electron chi connectivity index (χ1n) is 10.2. The molecule has 1 aromatic heterocycles. The lowest BCUT2D eigenvalue weighted by molar-refractivity contribution is -0.137. The first-order chi connectivity index (χ1) is 15.3. The number of anilines is 1. The largest absolute Gasteiger partial charge is 0.416 e. The lowest BCUT2D eigenvalue weighted by Gasteiger charge is -2.43. The molecule has 4 rings (SSSR count). The molecule has 9 heteroatoms. The van der Waals surface area contributed by atoms with E-state index in [2.05, 4.69) is 6.07 Å². The molecule has 1 atom stereocenters. The van der Waals surface area contributed by atoms with Crippen molar-refractivity contribution in [2.45, 2.75) is 45.7 Å². The van der Waals surface area contributed by atoms with E-state index < -0.39 is 23.1 Å². The average molecular weight is 492 g/mol. The quantitative estimate of drug-likeness (QED) is 0.509. The number of nitriles is 1. The van der Waals surface area contributed by atoms with Crippen molar-refractivity contribution >= 4 is 34.4 Å². The van der Waals surface area contributed by atoms with E-state index in [1.807, 2.05) is 32.9 Å². The van der Waals surface area contributed by atoms with Crippen LogP contribution in [-0.4, -0.2) is 5.78 Å². The van der Waals surface area contributed by atoms with Gasteiger partial charge in [0, 0.05) is 27.4 Å². The number of aryl methyl sites for hydroxylation is 1. The van der Waals surface area contributed by atoms with Gasteiger partial charge in [-0.2, -0.15) is 18.4 Å². The zero-order valence-electron chi connectivity index (χ0n) is 18.2. The third-order valence-electron chi connectivity index (χ3n) is 5.94. The molecule has 0 fully saturated rings. The maximum Gasteiger partial charge on any atom is 0.416 e. The Morgan fingerprint density at radius 3 is 2.52 bits per heavy atom. The predicted octanol–water partition coefficient (Wildman–Crippen LogP) is 6.67. The number of halogens is 4. The Balaban J connectivity index is 2.03. The maximum atomic E-state index is 13.5. The lowest BCUT2D eigenvalue weighted by atomic mass is 9.69. The molecule has 172 valence electrons. The van der Waals surface area contributed by atoms with Crippen molar-refractivity contribution < 1.29 is 18.0 Å². The molecule has 1 aromatic carbocycles. The van der Waals surface area contributed by atoms with Crippen LogP contribution in [0.4, 0.5) is 18.9 Å². The molecular formula is C24H21ClF3N3OS. The summed E-state index contributed by atoms with van der Waals surface area (Å²) in [4.78, 5) is 16.6. The van der Waals surface area contributed by atoms with Gasteiger partial charge < -0.3 is 5.73 Å². The third kappa shape index (κ3) is 4.04. The van der Waals surface area contributed by atoms with Crippen LogP contribution in [0.5, 0.6) is 0 Å². The van der Waals surface area contributed by atoms with Crippen LogP contribution in [0.3, 0.4) is 0 Å². The summed E-state index contributed by atoms with van der Waals surface area (Å²) in [5.41, 5.74) is 6.14. The first kappa shape index (κ1) is 23.4. The van der Waals surface area contributed by atoms with Gasteiger partial charge in [0.1, 0.15) is 5.82 Å². The molecule has 0 saturated carbocycles. The minimum atomic E-state index is -4.60. The normalized spacial score (nSPS) is 20.7. The lowest BCUT2D eigenvalue weighted by Crippen LogP contribution is -2.42. The van der Waals surface area contributed by atoms with Crippen LogP contribution >= 0.6 is 22.9 Å². The van der Waals surface area contributed by atoms with Crippen LogP contribution < -0.4 is 10.6 Å². The molecule has 0 spiro atoms. The van der Waals surface area contributed by atoms with E-state index in [0.29, 0.717) is 17.7 Å². The number of benzene rings is 1. The van der Waals surface area contributed by atoms with Gasteiger partial charge >= 0.3 is 6.18 Å². The van der Waals surface area contributed by atoms with Crippen molar-refractivity contribution in [2.24, 2.45) is 11.1 Å². The summed E-state index contributed by atoms with van der Waals surface area (Å²) >= 11 is 7.81. The highest BCUT2D eigenvalue weighted by Crippen LogP contribution is 2.52. The molecule has 2 aromatic rings. The van der Waals surface area contributed by atoms with Crippen LogP contribution in [0.1, 0.15) is 47.9 Å². The van der Waals surface area contributed by atoms with Crippen molar-refractivity contribution in [3.05, 3.63) is 73.3 Å². The van der Waals surface area contributed by atoms with Crippen molar-refractivity contribution in [1.29, 1.82) is 5.26 Å². The Labute approximate surface area is 198 Å². The Bertz CT molecular complexity index is 1270. The van der Waals surface area contributed by atoms with Crippen molar-refractivity contribution in [3.8, 4) is 6.07 Å². The van der Waals surface area contributed by atoms with Gasteiger partial charge in [-0.25, -0.2) is 0 Å². The fraction of sp³-hybridized carbons (Fsp3) is 0.333. The minimum Gasteiger partial charge on any atom is -0.384 e. The van der Waals surface area contributed by atoms with E-state index >= 15 is 0 Å². The number of ketones is 1. The number of nitrogens with zero attached hydrogens (tertiary/aromatic N) is 2. The molecule has 1 aliphatic carbocycles. The summed E-state index contributed by atoms with van der Waals surface area (Å²) in [6, 6.07) is 8.84. The standard InChI is InChI=1S/C24H21ClF3N3OS/c1-12-4-7-19(33-12)20-14(11-29)22(30)31(17-9-23(2,3)10-18(32)21(17)20)16-8-13(24(26,27)28)5-6-15(16)25/h4-8,20H,9-10,30H2,1-3H3. The molecule has 1 aliphatic heterocycles. The highest BCUT2D eigenvalue weighted by molar-refractivity contribution is 7.12. The predicted molar refractivity (Wildman–Crippen MR) is 123 cm³/mol. The van der Waals surface area contributed by atoms with E-state index in [1.165, 1.54) is 16.2 Å². The van der Waals surface area contributed by atoms with Crippen LogP contribution in [0.15, 0.2) is 53.0 Å². The van der Waals surface area contributed by atoms with Gasteiger partial charge in [0.2, 0.25) is 0 Å². The molecule has 33 heavy (non-hydrogen) atoms. The van der Waals surface area contributed by atoms with Crippen molar-refractivity contribution in [2.75, 3.05) is 4.90 Å². The molecule has 0 radical (unpaired) electrons. The van der Waals surface area contributed by atoms with Gasteiger partial charge in [-0.05, 0) is 49.1 Å². The Kier molecular flexibility index (Phi) is 5.62. The van der Waals surface area contributed by atoms with E-state index in [0.717, 1.165) is 28.0 Å². The molecule has 2 heterocycles. The number of carbonyl (C=O) groups is 1. The molecule has 0 saturated heterocycles. The van der Waals surface area contributed by atoms with E-state index in [1.54, 1.807) is 0 Å². The monoisotopic (exact) mass is 491 g/mol. The highest BCUT2D eigenvalue weighted by Gasteiger charge is 2.45. The summed E-state index contributed by atoms with van der Waals surface area (Å²) < 4.78 is 40.5. The fourth-order valence-corrected chi connectivity index (χ4v) is 5.74. The second kappa shape index (κ2) is 7.93. The molecule has 4 nitrogen and oxygen atoms in total. The second-order valence-corrected chi connectivity index (χ2v) is 10.8. The Morgan fingerprint density at radius 1 is 1.24 bits per heavy atom. The first-order valence-corrected chi connectivity index (χ1v) is 11.4. The summed E-state index contributed by atoms with van der Waals surface area (Å²) in [6.45, 7) is 5.77. The van der Waals surface area contributed by atoms with Crippen LogP contribution in [0.2, 0.25) is 5.02 Å². The minimum absolute atomic E-state index is 0.00412. The van der Waals surface area contributed by atoms with Crippen molar-refractivity contribution in [1.82, 2.24) is 0 Å². The number of rotatable bonds is 2. The number of allylic oxidation sites excluding steroid dienone is 3. The summed E-state index contributed by atoms with van der Waals surface area (Å²) in [5.74, 6) is -0.821. The smallest absolute Gasteiger partial charge is 0.384 e. The maximum absolute atomic E-state index is 13.5. The van der Waals surface area contributed by atoms with Gasteiger partial charge in [-0.15, -0.1) is 11.3 Å². The summed E-state index contributed by atoms with van der Waals surface area (Å²) in [7, 11) is 0. The molecule has 2 N–H and O–H groups in total. The van der Waals surface area contributed by atoms with Gasteiger partial charge in [0.15, 0.2) is 5.78 Å². The fourth-order valence-electron chi connectivity index (χ4n) is 4.54. The van der Waals surface area contributed by atoms with Gasteiger partial charge in [-0.1, -0.05) is 25.4 Å².